The van der Waals surface area contributed by atoms with Crippen LogP contribution in [-0.2, 0) is 14.6 Å². The number of H-pyrrole nitrogens is 1. The fourth-order valence-electron chi connectivity index (χ4n) is 4.21. The molecule has 0 spiro atoms. The highest BCUT2D eigenvalue weighted by molar-refractivity contribution is 7.90. The number of aromatic nitrogens is 4. The van der Waals surface area contributed by atoms with Gasteiger partial charge in [0.15, 0.2) is 21.5 Å². The van der Waals surface area contributed by atoms with Crippen LogP contribution in [-0.4, -0.2) is 61.1 Å². The Kier molecular flexibility index (Phi) is 5.09. The summed E-state index contributed by atoms with van der Waals surface area (Å²) in [4.78, 5) is 13.4. The first-order valence-corrected chi connectivity index (χ1v) is 13.6. The second-order valence-corrected chi connectivity index (χ2v) is 11.3. The van der Waals surface area contributed by atoms with E-state index in [1.807, 2.05) is 30.3 Å². The molecule has 1 aliphatic heterocycles. The molecular formula is C24H21N5O3S2. The third kappa shape index (κ3) is 3.73. The summed E-state index contributed by atoms with van der Waals surface area (Å²) in [5.41, 5.74) is 3.52. The van der Waals surface area contributed by atoms with Gasteiger partial charge in [0.1, 0.15) is 0 Å². The third-order valence-corrected chi connectivity index (χ3v) is 8.22. The molecule has 3 aromatic heterocycles. The molecule has 0 saturated carbocycles. The summed E-state index contributed by atoms with van der Waals surface area (Å²) in [7, 11) is -3.30. The Balaban J connectivity index is 1.56. The number of ether oxygens (including phenoxy) is 1. The Morgan fingerprint density at radius 2 is 1.88 bits per heavy atom. The van der Waals surface area contributed by atoms with Gasteiger partial charge < -0.3 is 9.64 Å². The van der Waals surface area contributed by atoms with Crippen LogP contribution in [0.5, 0.6) is 0 Å². The van der Waals surface area contributed by atoms with Crippen molar-refractivity contribution in [2.45, 2.75) is 4.90 Å². The van der Waals surface area contributed by atoms with Crippen molar-refractivity contribution in [2.24, 2.45) is 0 Å². The molecule has 4 heterocycles. The second kappa shape index (κ2) is 8.15. The molecule has 1 fully saturated rings. The minimum absolute atomic E-state index is 0.300. The SMILES string of the molecule is CS(=O)(=O)c1cccc(-c2cc3nc(-c4cccc5[nH]ncc45)nc(N4CCOCC4)c3s2)c1. The molecular weight excluding hydrogens is 470 g/mol. The summed E-state index contributed by atoms with van der Waals surface area (Å²) in [5, 5.41) is 8.15. The zero-order valence-corrected chi connectivity index (χ0v) is 20.0. The van der Waals surface area contributed by atoms with Crippen LogP contribution in [0.3, 0.4) is 0 Å². The number of morpholine rings is 1. The van der Waals surface area contributed by atoms with Gasteiger partial charge in [0.2, 0.25) is 0 Å². The molecule has 172 valence electrons. The molecule has 1 saturated heterocycles. The molecule has 10 heteroatoms. The average molecular weight is 492 g/mol. The largest absolute Gasteiger partial charge is 0.378 e. The van der Waals surface area contributed by atoms with Crippen LogP contribution < -0.4 is 4.90 Å². The normalized spacial score (nSPS) is 14.8. The Hall–Kier alpha value is -3.34. The van der Waals surface area contributed by atoms with Crippen molar-refractivity contribution in [2.75, 3.05) is 37.5 Å². The lowest BCUT2D eigenvalue weighted by molar-refractivity contribution is 0.122. The van der Waals surface area contributed by atoms with Crippen LogP contribution in [0.15, 0.2) is 59.6 Å². The molecule has 2 aromatic carbocycles. The Labute approximate surface area is 200 Å². The van der Waals surface area contributed by atoms with Gasteiger partial charge >= 0.3 is 0 Å². The summed E-state index contributed by atoms with van der Waals surface area (Å²) in [6.07, 6.45) is 3.02. The molecule has 0 radical (unpaired) electrons. The van der Waals surface area contributed by atoms with Crippen LogP contribution >= 0.6 is 11.3 Å². The highest BCUT2D eigenvalue weighted by atomic mass is 32.2. The van der Waals surface area contributed by atoms with Gasteiger partial charge in [0, 0.05) is 35.2 Å². The van der Waals surface area contributed by atoms with E-state index in [9.17, 15) is 8.42 Å². The minimum Gasteiger partial charge on any atom is -0.378 e. The molecule has 0 aliphatic carbocycles. The molecule has 6 rings (SSSR count). The zero-order valence-electron chi connectivity index (χ0n) is 18.4. The Morgan fingerprint density at radius 3 is 2.71 bits per heavy atom. The lowest BCUT2D eigenvalue weighted by atomic mass is 10.1. The van der Waals surface area contributed by atoms with E-state index in [-0.39, 0.29) is 0 Å². The number of fused-ring (bicyclic) bond motifs is 2. The number of nitrogens with zero attached hydrogens (tertiary/aromatic N) is 4. The van der Waals surface area contributed by atoms with E-state index >= 15 is 0 Å². The number of aromatic amines is 1. The number of anilines is 1. The molecule has 8 nitrogen and oxygen atoms in total. The van der Waals surface area contributed by atoms with E-state index in [0.717, 1.165) is 56.0 Å². The van der Waals surface area contributed by atoms with E-state index in [1.165, 1.54) is 6.26 Å². The first-order chi connectivity index (χ1) is 16.5. The van der Waals surface area contributed by atoms with Gasteiger partial charge in [-0.3, -0.25) is 5.10 Å². The summed E-state index contributed by atoms with van der Waals surface area (Å²) < 4.78 is 30.7. The van der Waals surface area contributed by atoms with Crippen LogP contribution in [0.2, 0.25) is 0 Å². The molecule has 0 atom stereocenters. The summed E-state index contributed by atoms with van der Waals surface area (Å²) in [6.45, 7) is 2.79. The monoisotopic (exact) mass is 491 g/mol. The molecule has 0 bridgehead atoms. The van der Waals surface area contributed by atoms with Gasteiger partial charge in [-0.2, -0.15) is 5.10 Å². The highest BCUT2D eigenvalue weighted by Gasteiger charge is 2.21. The van der Waals surface area contributed by atoms with Crippen LogP contribution in [0.4, 0.5) is 5.82 Å². The predicted octanol–water partition coefficient (Wildman–Crippen LogP) is 4.14. The van der Waals surface area contributed by atoms with Crippen molar-refractivity contribution in [3.05, 3.63) is 54.7 Å². The smallest absolute Gasteiger partial charge is 0.175 e. The average Bonchev–Trinajstić information content (AvgIpc) is 3.50. The van der Waals surface area contributed by atoms with E-state index in [2.05, 4.69) is 15.1 Å². The predicted molar refractivity (Wildman–Crippen MR) is 134 cm³/mol. The van der Waals surface area contributed by atoms with Crippen molar-refractivity contribution in [1.29, 1.82) is 0 Å². The first-order valence-electron chi connectivity index (χ1n) is 10.8. The summed E-state index contributed by atoms with van der Waals surface area (Å²) in [5.74, 6) is 1.51. The molecule has 5 aromatic rings. The number of rotatable bonds is 4. The maximum Gasteiger partial charge on any atom is 0.175 e. The van der Waals surface area contributed by atoms with E-state index < -0.39 is 9.84 Å². The maximum absolute atomic E-state index is 12.1. The second-order valence-electron chi connectivity index (χ2n) is 8.23. The Morgan fingerprint density at radius 1 is 1.06 bits per heavy atom. The number of hydrogen-bond acceptors (Lipinski definition) is 8. The van der Waals surface area contributed by atoms with E-state index in [0.29, 0.717) is 23.9 Å². The number of benzene rings is 2. The lowest BCUT2D eigenvalue weighted by Crippen LogP contribution is -2.36. The summed E-state index contributed by atoms with van der Waals surface area (Å²) in [6, 6.07) is 15.0. The maximum atomic E-state index is 12.1. The molecule has 34 heavy (non-hydrogen) atoms. The van der Waals surface area contributed by atoms with Crippen molar-refractivity contribution in [1.82, 2.24) is 20.2 Å². The third-order valence-electron chi connectivity index (χ3n) is 5.94. The lowest BCUT2D eigenvalue weighted by Gasteiger charge is -2.28. The number of sulfone groups is 1. The van der Waals surface area contributed by atoms with Gasteiger partial charge in [-0.1, -0.05) is 24.3 Å². The van der Waals surface area contributed by atoms with Crippen molar-refractivity contribution >= 4 is 48.1 Å². The van der Waals surface area contributed by atoms with Gasteiger partial charge in [0.05, 0.1) is 40.0 Å². The van der Waals surface area contributed by atoms with Crippen molar-refractivity contribution in [3.8, 4) is 21.8 Å². The van der Waals surface area contributed by atoms with Gasteiger partial charge in [-0.25, -0.2) is 18.4 Å². The quantitative estimate of drug-likeness (QED) is 0.403. The number of nitrogens with one attached hydrogen (secondary N) is 1. The minimum atomic E-state index is -3.30. The fourth-order valence-corrected chi connectivity index (χ4v) is 5.99. The topological polar surface area (TPSA) is 101 Å². The van der Waals surface area contributed by atoms with Gasteiger partial charge in [-0.05, 0) is 29.8 Å². The highest BCUT2D eigenvalue weighted by Crippen LogP contribution is 2.40. The van der Waals surface area contributed by atoms with E-state index in [4.69, 9.17) is 14.7 Å². The Bertz CT molecular complexity index is 1640. The molecule has 0 amide bonds. The number of thiophene rings is 1. The standard InChI is InChI=1S/C24H21N5O3S2/c1-34(30,31)16-5-2-4-15(12-16)21-13-20-22(33-21)24(29-8-10-32-11-9-29)27-23(26-20)17-6-3-7-19-18(17)14-25-28-19/h2-7,12-14H,8-11H2,1H3,(H,25,28). The molecule has 1 N–H and O–H groups in total. The van der Waals surface area contributed by atoms with Crippen LogP contribution in [0.25, 0.3) is 42.9 Å². The van der Waals surface area contributed by atoms with Crippen LogP contribution in [0, 0.1) is 0 Å². The van der Waals surface area contributed by atoms with Gasteiger partial charge in [-0.15, -0.1) is 11.3 Å². The first kappa shape index (κ1) is 21.2. The van der Waals surface area contributed by atoms with Gasteiger partial charge in [0.25, 0.3) is 0 Å². The van der Waals surface area contributed by atoms with E-state index in [1.54, 1.807) is 35.7 Å². The van der Waals surface area contributed by atoms with Crippen LogP contribution in [0.1, 0.15) is 0 Å². The molecule has 0 unspecified atom stereocenters. The van der Waals surface area contributed by atoms with Crippen molar-refractivity contribution in [3.63, 3.8) is 0 Å². The molecule has 1 aliphatic rings. The van der Waals surface area contributed by atoms with Crippen molar-refractivity contribution < 1.29 is 13.2 Å². The zero-order chi connectivity index (χ0) is 23.3. The number of hydrogen-bond donors (Lipinski definition) is 1. The fraction of sp³-hybridized carbons (Fsp3) is 0.208. The summed E-state index contributed by atoms with van der Waals surface area (Å²) >= 11 is 1.58.